The zero-order valence-corrected chi connectivity index (χ0v) is 12.1. The number of hydrogen-bond donors (Lipinski definition) is 0. The van der Waals surface area contributed by atoms with E-state index in [-0.39, 0.29) is 5.21 Å². The van der Waals surface area contributed by atoms with E-state index in [1.165, 1.54) is 0 Å². The van der Waals surface area contributed by atoms with Crippen molar-refractivity contribution < 1.29 is 83.5 Å². The van der Waals surface area contributed by atoms with Crippen LogP contribution in [0.2, 0.25) is 0 Å². The van der Waals surface area contributed by atoms with Gasteiger partial charge < -0.3 is 0 Å². The van der Waals surface area contributed by atoms with E-state index in [0.717, 1.165) is 0 Å². The predicted octanol–water partition coefficient (Wildman–Crippen LogP) is 6.25. The Kier molecular flexibility index (Phi) is 6.29. The number of nitrogens with zero attached hydrogens (tertiary/aromatic N) is 1. The highest BCUT2D eigenvalue weighted by Crippen LogP contribution is 2.60. The second-order valence-corrected chi connectivity index (χ2v) is 4.88. The molecule has 20 heteroatoms. The molecule has 0 atom stereocenters. The van der Waals surface area contributed by atoms with Crippen LogP contribution in [-0.4, -0.2) is 53.6 Å². The van der Waals surface area contributed by atoms with E-state index in [0.29, 0.717) is 0 Å². The molecule has 0 aromatic carbocycles. The Morgan fingerprint density at radius 2 is 0.724 bits per heavy atom. The van der Waals surface area contributed by atoms with Gasteiger partial charge in [-0.3, -0.25) is 0 Å². The summed E-state index contributed by atoms with van der Waals surface area (Å²) < 4.78 is 238. The van der Waals surface area contributed by atoms with Gasteiger partial charge in [-0.2, -0.15) is 74.6 Å². The van der Waals surface area contributed by atoms with Gasteiger partial charge in [-0.25, -0.2) is 4.39 Å². The van der Waals surface area contributed by atoms with Crippen LogP contribution in [0.5, 0.6) is 0 Å². The van der Waals surface area contributed by atoms with Crippen LogP contribution in [0.1, 0.15) is 0 Å². The first kappa shape index (κ1) is 27.3. The molecule has 0 N–H and O–H groups in total. The number of alkyl halides is 18. The van der Waals surface area contributed by atoms with Gasteiger partial charge in [-0.15, -0.1) is 0 Å². The third-order valence-electron chi connectivity index (χ3n) is 3.03. The standard InChI is InChI=1S/C9F19N/c10-2(7(19,20)21,8(22,23)24)1(29-28)3(11,12)4(13,14)5(15,16)6(17,18)9(25,26)27/b29-1-. The lowest BCUT2D eigenvalue weighted by Crippen LogP contribution is -2.72. The third kappa shape index (κ3) is 3.55. The maximum absolute atomic E-state index is 13.3. The summed E-state index contributed by atoms with van der Waals surface area (Å²) in [4.78, 5) is 0. The zero-order chi connectivity index (χ0) is 24.3. The van der Waals surface area contributed by atoms with Crippen LogP contribution in [0.4, 0.5) is 83.5 Å². The molecular weight excluding hydrogens is 483 g/mol. The highest BCUT2D eigenvalue weighted by atomic mass is 19.4. The van der Waals surface area contributed by atoms with Gasteiger partial charge in [0.05, 0.1) is 0 Å². The lowest BCUT2D eigenvalue weighted by molar-refractivity contribution is -0.416. The molecule has 0 rings (SSSR count). The van der Waals surface area contributed by atoms with Gasteiger partial charge in [0.15, 0.2) is 5.71 Å². The van der Waals surface area contributed by atoms with Gasteiger partial charge in [0, 0.05) is 0 Å². The molecule has 0 aromatic heterocycles. The van der Waals surface area contributed by atoms with Crippen molar-refractivity contribution in [2.45, 2.75) is 47.9 Å². The molecule has 0 fully saturated rings. The van der Waals surface area contributed by atoms with Crippen LogP contribution in [-0.2, 0) is 0 Å². The van der Waals surface area contributed by atoms with E-state index >= 15 is 0 Å². The van der Waals surface area contributed by atoms with Crippen LogP contribution in [0.25, 0.3) is 0 Å². The lowest BCUT2D eigenvalue weighted by Gasteiger charge is -2.40. The summed E-state index contributed by atoms with van der Waals surface area (Å²) >= 11 is 0. The third-order valence-corrected chi connectivity index (χ3v) is 3.03. The van der Waals surface area contributed by atoms with Gasteiger partial charge in [-0.1, -0.05) is 9.70 Å². The first-order valence-electron chi connectivity index (χ1n) is 5.79. The summed E-state index contributed by atoms with van der Waals surface area (Å²) in [5, 5.41) is -0.299. The molecule has 0 saturated heterocycles. The van der Waals surface area contributed by atoms with E-state index in [9.17, 15) is 83.5 Å². The molecule has 0 aliphatic carbocycles. The Morgan fingerprint density at radius 3 is 0.931 bits per heavy atom. The average Bonchev–Trinajstić information content (AvgIpc) is 2.43. The average molecular weight is 483 g/mol. The minimum absolute atomic E-state index is 0.299. The molecule has 0 aromatic rings. The molecule has 0 aliphatic rings. The topological polar surface area (TPSA) is 12.4 Å². The SMILES string of the molecule is F/N=C(\C(F)(F)C(F)(F)C(F)(F)C(F)(F)C(F)(F)F)C(F)(C(F)(F)F)C(F)(F)F. The molecule has 0 bridgehead atoms. The molecule has 0 radical (unpaired) electrons. The van der Waals surface area contributed by atoms with Crippen LogP contribution in [0, 0.1) is 0 Å². The highest BCUT2D eigenvalue weighted by molar-refractivity contribution is 6.00. The second kappa shape index (κ2) is 6.67. The Hall–Kier alpha value is -1.66. The highest BCUT2D eigenvalue weighted by Gasteiger charge is 2.91. The molecule has 1 nitrogen and oxygen atoms in total. The molecule has 29 heavy (non-hydrogen) atoms. The second-order valence-electron chi connectivity index (χ2n) is 4.88. The molecular formula is C9F19N. The van der Waals surface area contributed by atoms with Gasteiger partial charge in [0.1, 0.15) is 0 Å². The van der Waals surface area contributed by atoms with Crippen molar-refractivity contribution in [1.29, 1.82) is 0 Å². The van der Waals surface area contributed by atoms with Gasteiger partial charge in [0.25, 0.3) is 0 Å². The van der Waals surface area contributed by atoms with E-state index in [1.54, 1.807) is 0 Å². The van der Waals surface area contributed by atoms with E-state index in [2.05, 4.69) is 0 Å². The normalized spacial score (nSPS) is 17.0. The summed E-state index contributed by atoms with van der Waals surface area (Å²) in [6, 6.07) is 0. The summed E-state index contributed by atoms with van der Waals surface area (Å²) in [7, 11) is 0. The predicted molar refractivity (Wildman–Crippen MR) is 50.3 cm³/mol. The number of halogens is 19. The minimum Gasteiger partial charge on any atom is -0.216 e. The van der Waals surface area contributed by atoms with Gasteiger partial charge in [0.2, 0.25) is 0 Å². The fraction of sp³-hybridized carbons (Fsp3) is 0.889. The fourth-order valence-corrected chi connectivity index (χ4v) is 1.48. The van der Waals surface area contributed by atoms with Crippen molar-refractivity contribution in [3.05, 3.63) is 0 Å². The Morgan fingerprint density at radius 1 is 0.414 bits per heavy atom. The Labute approximate surface area is 144 Å². The van der Waals surface area contributed by atoms with E-state index < -0.39 is 53.6 Å². The molecule has 0 heterocycles. The van der Waals surface area contributed by atoms with Crippen LogP contribution in [0.3, 0.4) is 0 Å². The fourth-order valence-electron chi connectivity index (χ4n) is 1.48. The number of rotatable bonds is 5. The van der Waals surface area contributed by atoms with Crippen LogP contribution >= 0.6 is 0 Å². The molecule has 0 amide bonds. The zero-order valence-electron chi connectivity index (χ0n) is 12.1. The quantitative estimate of drug-likeness (QED) is 0.324. The molecule has 0 aliphatic heterocycles. The Balaban J connectivity index is 7.03. The van der Waals surface area contributed by atoms with E-state index in [1.807, 2.05) is 0 Å². The first-order valence-corrected chi connectivity index (χ1v) is 5.79. The van der Waals surface area contributed by atoms with Crippen molar-refractivity contribution in [1.82, 2.24) is 0 Å². The first-order chi connectivity index (χ1) is 12.2. The van der Waals surface area contributed by atoms with Crippen LogP contribution < -0.4 is 0 Å². The van der Waals surface area contributed by atoms with Crippen molar-refractivity contribution in [3.63, 3.8) is 0 Å². The van der Waals surface area contributed by atoms with Crippen molar-refractivity contribution in [2.24, 2.45) is 5.21 Å². The molecule has 0 unspecified atom stereocenters. The van der Waals surface area contributed by atoms with Gasteiger partial charge >= 0.3 is 47.9 Å². The monoisotopic (exact) mass is 483 g/mol. The summed E-state index contributed by atoms with van der Waals surface area (Å²) in [6.45, 7) is 0. The van der Waals surface area contributed by atoms with Crippen molar-refractivity contribution in [2.75, 3.05) is 0 Å². The smallest absolute Gasteiger partial charge is 0.216 e. The van der Waals surface area contributed by atoms with Crippen molar-refractivity contribution in [3.8, 4) is 0 Å². The summed E-state index contributed by atoms with van der Waals surface area (Å²) in [5.74, 6) is -33.7. The largest absolute Gasteiger partial charge is 0.460 e. The van der Waals surface area contributed by atoms with Gasteiger partial charge in [-0.05, 0) is 0 Å². The summed E-state index contributed by atoms with van der Waals surface area (Å²) in [6.07, 6.45) is -23.6. The lowest BCUT2D eigenvalue weighted by atomic mass is 9.86. The molecule has 174 valence electrons. The van der Waals surface area contributed by atoms with Crippen molar-refractivity contribution >= 4 is 5.71 Å². The maximum Gasteiger partial charge on any atom is 0.460 e. The minimum atomic E-state index is -8.60. The molecule has 0 spiro atoms. The van der Waals surface area contributed by atoms with Crippen LogP contribution in [0.15, 0.2) is 5.21 Å². The molecule has 0 saturated carbocycles. The van der Waals surface area contributed by atoms with E-state index in [4.69, 9.17) is 0 Å². The number of hydrogen-bond acceptors (Lipinski definition) is 1. The maximum atomic E-state index is 13.3. The summed E-state index contributed by atoms with van der Waals surface area (Å²) in [5.41, 5.74) is -13.5. The Bertz CT molecular complexity index is 616.